The van der Waals surface area contributed by atoms with Crippen LogP contribution in [0.1, 0.15) is 44.4 Å². The first-order valence-corrected chi connectivity index (χ1v) is 19.3. The van der Waals surface area contributed by atoms with Crippen molar-refractivity contribution in [2.24, 2.45) is 0 Å². The topological polar surface area (TPSA) is 171 Å². The number of pyridine rings is 2. The van der Waals surface area contributed by atoms with E-state index in [-0.39, 0.29) is 100 Å². The second-order valence-electron chi connectivity index (χ2n) is 13.6. The van der Waals surface area contributed by atoms with Crippen LogP contribution in [-0.2, 0) is 26.2 Å². The molecule has 1 aliphatic rings. The second kappa shape index (κ2) is 14.5. The van der Waals surface area contributed by atoms with Gasteiger partial charge in [0.05, 0.1) is 40.6 Å². The van der Waals surface area contributed by atoms with Crippen LogP contribution in [0.15, 0.2) is 87.6 Å². The largest absolute Gasteiger partial charge is 0.454 e. The van der Waals surface area contributed by atoms with Crippen molar-refractivity contribution in [3.63, 3.8) is 0 Å². The zero-order chi connectivity index (χ0) is 39.3. The number of halogens is 2. The fraction of sp³-hybridized carbons (Fsp3) is 0.289. The highest BCUT2D eigenvalue weighted by Crippen LogP contribution is 2.33. The van der Waals surface area contributed by atoms with Crippen LogP contribution in [0.25, 0.3) is 38.6 Å². The van der Waals surface area contributed by atoms with Crippen molar-refractivity contribution in [2.45, 2.75) is 50.7 Å². The maximum atomic E-state index is 16.4. The number of rotatable bonds is 9. The zero-order valence-corrected chi connectivity index (χ0v) is 31.3. The fourth-order valence-corrected chi connectivity index (χ4v) is 8.20. The van der Waals surface area contributed by atoms with Gasteiger partial charge in [-0.15, -0.1) is 9.19 Å². The van der Waals surface area contributed by atoms with Crippen LogP contribution in [0.4, 0.5) is 14.6 Å². The number of anilines is 1. The number of benzene rings is 2. The predicted octanol–water partition coefficient (Wildman–Crippen LogP) is 4.97. The number of hydrogen-bond acceptors (Lipinski definition) is 12. The van der Waals surface area contributed by atoms with Crippen LogP contribution in [0.3, 0.4) is 0 Å². The average Bonchev–Trinajstić information content (AvgIpc) is 3.76. The number of fused-ring (bicyclic) bond motifs is 5. The van der Waals surface area contributed by atoms with Gasteiger partial charge in [-0.25, -0.2) is 27.9 Å². The maximum absolute atomic E-state index is 16.4. The van der Waals surface area contributed by atoms with Crippen molar-refractivity contribution in [3.05, 3.63) is 107 Å². The highest BCUT2D eigenvalue weighted by atomic mass is 32.2. The number of carbonyl (C=O) groups excluding carboxylic acids is 1. The minimum atomic E-state index is -3.98. The SMILES string of the molecule is CCC(=O)N1CCN(c2nc(=O)n3c4nc(c(F)cc24)c2c(F)cccc2oc2ccnc(C(C)C)c23)C(COCc2cccc(S(=O)(=O)n3cncn3)c2)C1. The van der Waals surface area contributed by atoms with Gasteiger partial charge in [-0.2, -0.15) is 13.4 Å². The normalized spacial score (nSPS) is 15.1. The molecule has 56 heavy (non-hydrogen) atoms. The van der Waals surface area contributed by atoms with Crippen molar-refractivity contribution in [1.29, 1.82) is 0 Å². The van der Waals surface area contributed by atoms with Crippen molar-refractivity contribution in [2.75, 3.05) is 31.1 Å². The quantitative estimate of drug-likeness (QED) is 0.193. The third-order valence-electron chi connectivity index (χ3n) is 9.75. The van der Waals surface area contributed by atoms with E-state index in [0.717, 1.165) is 16.7 Å². The Morgan fingerprint density at radius 1 is 1.04 bits per heavy atom. The molecule has 0 aliphatic carbocycles. The van der Waals surface area contributed by atoms with Crippen LogP contribution in [-0.4, -0.2) is 85.0 Å². The summed E-state index contributed by atoms with van der Waals surface area (Å²) in [4.78, 5) is 48.3. The molecule has 1 aliphatic heterocycles. The summed E-state index contributed by atoms with van der Waals surface area (Å²) in [6.45, 7) is 6.22. The number of carbonyl (C=O) groups is 1. The molecule has 1 atom stereocenters. The number of piperazine rings is 1. The van der Waals surface area contributed by atoms with Crippen LogP contribution < -0.4 is 10.6 Å². The summed E-state index contributed by atoms with van der Waals surface area (Å²) >= 11 is 0. The highest BCUT2D eigenvalue weighted by Gasteiger charge is 2.33. The fourth-order valence-electron chi connectivity index (χ4n) is 7.09. The minimum Gasteiger partial charge on any atom is -0.454 e. The van der Waals surface area contributed by atoms with Gasteiger partial charge in [0, 0.05) is 38.3 Å². The Labute approximate surface area is 317 Å². The van der Waals surface area contributed by atoms with E-state index in [1.54, 1.807) is 34.9 Å². The van der Waals surface area contributed by atoms with E-state index in [0.29, 0.717) is 11.3 Å². The van der Waals surface area contributed by atoms with Gasteiger partial charge in [0.1, 0.15) is 40.9 Å². The highest BCUT2D eigenvalue weighted by molar-refractivity contribution is 7.89. The minimum absolute atomic E-state index is 0.00222. The van der Waals surface area contributed by atoms with Gasteiger partial charge < -0.3 is 19.0 Å². The summed E-state index contributed by atoms with van der Waals surface area (Å²) in [6.07, 6.45) is 4.00. The molecule has 1 fully saturated rings. The van der Waals surface area contributed by atoms with Gasteiger partial charge in [-0.1, -0.05) is 39.0 Å². The summed E-state index contributed by atoms with van der Waals surface area (Å²) in [5, 5.41) is 3.69. The molecule has 18 heteroatoms. The molecule has 0 N–H and O–H groups in total. The van der Waals surface area contributed by atoms with E-state index in [4.69, 9.17) is 9.15 Å². The molecule has 15 nitrogen and oxygen atoms in total. The molecule has 7 aromatic rings. The first-order chi connectivity index (χ1) is 27.0. The Morgan fingerprint density at radius 3 is 2.62 bits per heavy atom. The molecule has 8 rings (SSSR count). The monoisotopic (exact) mass is 783 g/mol. The molecular formula is C38H35F2N9O6S. The van der Waals surface area contributed by atoms with E-state index < -0.39 is 33.4 Å². The van der Waals surface area contributed by atoms with Crippen molar-refractivity contribution < 1.29 is 31.1 Å². The summed E-state index contributed by atoms with van der Waals surface area (Å²) in [5.41, 5.74) is 0.332. The summed E-state index contributed by atoms with van der Waals surface area (Å²) in [7, 11) is -3.98. The van der Waals surface area contributed by atoms with Crippen LogP contribution in [0, 0.1) is 11.6 Å². The lowest BCUT2D eigenvalue weighted by Crippen LogP contribution is -2.57. The molecule has 1 unspecified atom stereocenters. The van der Waals surface area contributed by atoms with Gasteiger partial charge in [0.25, 0.3) is 10.0 Å². The van der Waals surface area contributed by atoms with E-state index in [9.17, 15) is 18.0 Å². The molecule has 288 valence electrons. The maximum Gasteiger partial charge on any atom is 0.356 e. The third kappa shape index (κ3) is 6.43. The number of nitrogens with zero attached hydrogens (tertiary/aromatic N) is 9. The average molecular weight is 784 g/mol. The van der Waals surface area contributed by atoms with Crippen molar-refractivity contribution >= 4 is 60.4 Å². The third-order valence-corrected chi connectivity index (χ3v) is 11.3. The molecule has 0 radical (unpaired) electrons. The Hall–Kier alpha value is -6.14. The lowest BCUT2D eigenvalue weighted by Gasteiger charge is -2.42. The lowest BCUT2D eigenvalue weighted by atomic mass is 10.1. The van der Waals surface area contributed by atoms with Crippen LogP contribution in [0.5, 0.6) is 0 Å². The number of aromatic nitrogens is 7. The first-order valence-electron chi connectivity index (χ1n) is 17.9. The molecule has 1 saturated heterocycles. The summed E-state index contributed by atoms with van der Waals surface area (Å²) in [6, 6.07) is 12.5. The Kier molecular flexibility index (Phi) is 9.53. The molecular weight excluding hydrogens is 749 g/mol. The molecule has 0 saturated carbocycles. The summed E-state index contributed by atoms with van der Waals surface area (Å²) < 4.78 is 72.5. The van der Waals surface area contributed by atoms with Gasteiger partial charge in [-0.3, -0.25) is 9.78 Å². The smallest absolute Gasteiger partial charge is 0.356 e. The van der Waals surface area contributed by atoms with Crippen LogP contribution in [0.2, 0.25) is 0 Å². The van der Waals surface area contributed by atoms with Crippen molar-refractivity contribution in [3.8, 4) is 0 Å². The molecule has 5 aromatic heterocycles. The van der Waals surface area contributed by atoms with E-state index >= 15 is 8.78 Å². The summed E-state index contributed by atoms with van der Waals surface area (Å²) in [5.74, 6) is -1.84. The lowest BCUT2D eigenvalue weighted by molar-refractivity contribution is -0.132. The number of amides is 1. The van der Waals surface area contributed by atoms with Gasteiger partial charge in [-0.05, 0) is 41.8 Å². The number of hydrogen-bond donors (Lipinski definition) is 0. The molecule has 0 spiro atoms. The molecule has 6 heterocycles. The van der Waals surface area contributed by atoms with Crippen LogP contribution >= 0.6 is 0 Å². The van der Waals surface area contributed by atoms with Gasteiger partial charge in [0.2, 0.25) is 5.91 Å². The Morgan fingerprint density at radius 2 is 1.86 bits per heavy atom. The standard InChI is InChI=1S/C38H35F2N9O6S/c1-4-31(50)46-13-14-47(24(17-46)19-54-18-23-7-5-8-25(15-23)56(52,53)48-21-41-20-43-48)36-26-16-28(40)34-32-27(39)9-6-10-29(32)55-30-11-12-42-33(22(2)3)35(30)49(37(26)44-34)38(51)45-36/h5-12,15-16,20-22,24H,4,13-14,17-19H2,1-3H3. The molecule has 2 bridgehead atoms. The van der Waals surface area contributed by atoms with Crippen molar-refractivity contribution in [1.82, 2.24) is 38.4 Å². The Balaban J connectivity index is 1.26. The predicted molar refractivity (Wildman–Crippen MR) is 201 cm³/mol. The zero-order valence-electron chi connectivity index (χ0n) is 30.5. The van der Waals surface area contributed by atoms with E-state index in [1.165, 1.54) is 47.0 Å². The molecule has 2 aromatic carbocycles. The molecule has 1 amide bonds. The first kappa shape index (κ1) is 36.8. The van der Waals surface area contributed by atoms with Gasteiger partial charge in [0.15, 0.2) is 17.0 Å². The number of ether oxygens (including phenoxy) is 1. The second-order valence-corrected chi connectivity index (χ2v) is 15.4. The Bertz CT molecular complexity index is 2860. The van der Waals surface area contributed by atoms with E-state index in [2.05, 4.69) is 25.0 Å². The van der Waals surface area contributed by atoms with E-state index in [1.807, 2.05) is 13.8 Å². The van der Waals surface area contributed by atoms with Gasteiger partial charge >= 0.3 is 5.69 Å².